The number of oxime groups is 1. The van der Waals surface area contributed by atoms with E-state index >= 15 is 0 Å². The lowest BCUT2D eigenvalue weighted by atomic mass is 10.1. The van der Waals surface area contributed by atoms with E-state index in [4.69, 9.17) is 4.84 Å². The quantitative estimate of drug-likeness (QED) is 0.484. The van der Waals surface area contributed by atoms with Crippen molar-refractivity contribution in [2.24, 2.45) is 11.1 Å². The van der Waals surface area contributed by atoms with E-state index in [2.05, 4.69) is 5.16 Å². The van der Waals surface area contributed by atoms with E-state index in [-0.39, 0.29) is 0 Å². The second-order valence-electron chi connectivity index (χ2n) is 4.31. The Kier molecular flexibility index (Phi) is 3.22. The van der Waals surface area contributed by atoms with Gasteiger partial charge in [-0.25, -0.2) is 0 Å². The van der Waals surface area contributed by atoms with Crippen molar-refractivity contribution >= 4 is 6.21 Å². The third kappa shape index (κ3) is 2.71. The van der Waals surface area contributed by atoms with Crippen LogP contribution in [0.2, 0.25) is 0 Å². The maximum atomic E-state index is 5.43. The Balaban J connectivity index is 1.65. The van der Waals surface area contributed by atoms with E-state index in [1.54, 1.807) is 0 Å². The van der Waals surface area contributed by atoms with Crippen molar-refractivity contribution in [2.45, 2.75) is 57.5 Å². The van der Waals surface area contributed by atoms with Crippen LogP contribution in [0.5, 0.6) is 0 Å². The Labute approximate surface area is 80.3 Å². The fourth-order valence-corrected chi connectivity index (χ4v) is 2.31. The number of hydrogen-bond donors (Lipinski definition) is 0. The van der Waals surface area contributed by atoms with Gasteiger partial charge in [-0.3, -0.25) is 0 Å². The van der Waals surface area contributed by atoms with Crippen molar-refractivity contribution in [3.8, 4) is 0 Å². The smallest absolute Gasteiger partial charge is 0.127 e. The van der Waals surface area contributed by atoms with Crippen LogP contribution in [0.3, 0.4) is 0 Å². The zero-order valence-corrected chi connectivity index (χ0v) is 8.24. The van der Waals surface area contributed by atoms with Crippen LogP contribution in [0.4, 0.5) is 0 Å². The molecule has 74 valence electrons. The molecule has 0 aromatic rings. The second kappa shape index (κ2) is 4.64. The lowest BCUT2D eigenvalue weighted by Gasteiger charge is -2.06. The molecule has 2 saturated carbocycles. The van der Waals surface area contributed by atoms with Crippen LogP contribution in [0.1, 0.15) is 51.4 Å². The number of rotatable bonds is 3. The topological polar surface area (TPSA) is 21.6 Å². The average molecular weight is 181 g/mol. The fourth-order valence-electron chi connectivity index (χ4n) is 2.31. The van der Waals surface area contributed by atoms with Crippen LogP contribution < -0.4 is 0 Å². The first kappa shape index (κ1) is 9.04. The molecule has 0 N–H and O–H groups in total. The highest BCUT2D eigenvalue weighted by Gasteiger charge is 2.16. The van der Waals surface area contributed by atoms with Crippen molar-refractivity contribution in [1.82, 2.24) is 0 Å². The van der Waals surface area contributed by atoms with Gasteiger partial charge in [-0.1, -0.05) is 18.0 Å². The summed E-state index contributed by atoms with van der Waals surface area (Å²) in [5, 5.41) is 4.11. The molecule has 0 unspecified atom stereocenters. The SMILES string of the molecule is C(=NOC1CCCC1)C1CCCC1. The van der Waals surface area contributed by atoms with Gasteiger partial charge < -0.3 is 4.84 Å². The molecule has 2 aliphatic carbocycles. The summed E-state index contributed by atoms with van der Waals surface area (Å²) in [6.07, 6.45) is 12.9. The Hall–Kier alpha value is -0.530. The summed E-state index contributed by atoms with van der Waals surface area (Å²) in [4.78, 5) is 5.43. The second-order valence-corrected chi connectivity index (χ2v) is 4.31. The van der Waals surface area contributed by atoms with Crippen LogP contribution in [0.25, 0.3) is 0 Å². The summed E-state index contributed by atoms with van der Waals surface area (Å²) in [5.41, 5.74) is 0. The summed E-state index contributed by atoms with van der Waals surface area (Å²) in [6, 6.07) is 0. The molecule has 0 aromatic carbocycles. The van der Waals surface area contributed by atoms with E-state index in [0.717, 1.165) is 0 Å². The maximum absolute atomic E-state index is 5.43. The zero-order chi connectivity index (χ0) is 8.93. The van der Waals surface area contributed by atoms with Gasteiger partial charge in [0.15, 0.2) is 0 Å². The first-order chi connectivity index (χ1) is 6.45. The summed E-state index contributed by atoms with van der Waals surface area (Å²) in [5.74, 6) is 0.710. The Morgan fingerprint density at radius 2 is 1.54 bits per heavy atom. The van der Waals surface area contributed by atoms with Crippen LogP contribution in [-0.2, 0) is 4.84 Å². The highest BCUT2D eigenvalue weighted by atomic mass is 16.6. The molecule has 0 radical (unpaired) electrons. The normalized spacial score (nSPS) is 26.2. The van der Waals surface area contributed by atoms with E-state index < -0.39 is 0 Å². The minimum atomic E-state index is 0.428. The van der Waals surface area contributed by atoms with Crippen molar-refractivity contribution in [3.05, 3.63) is 0 Å². The molecule has 13 heavy (non-hydrogen) atoms. The monoisotopic (exact) mass is 181 g/mol. The first-order valence-electron chi connectivity index (χ1n) is 5.64. The minimum Gasteiger partial charge on any atom is -0.393 e. The van der Waals surface area contributed by atoms with Gasteiger partial charge in [0.25, 0.3) is 0 Å². The molecule has 0 saturated heterocycles. The molecule has 2 nitrogen and oxygen atoms in total. The van der Waals surface area contributed by atoms with Gasteiger partial charge in [0.05, 0.1) is 0 Å². The summed E-state index contributed by atoms with van der Waals surface area (Å²) < 4.78 is 0. The molecule has 2 heteroatoms. The van der Waals surface area contributed by atoms with Crippen LogP contribution in [0, 0.1) is 5.92 Å². The summed E-state index contributed by atoms with van der Waals surface area (Å²) in [6.45, 7) is 0. The van der Waals surface area contributed by atoms with Crippen LogP contribution in [-0.4, -0.2) is 12.3 Å². The molecule has 2 rings (SSSR count). The Morgan fingerprint density at radius 3 is 2.23 bits per heavy atom. The lowest BCUT2D eigenvalue weighted by molar-refractivity contribution is 0.0646. The Morgan fingerprint density at radius 1 is 0.923 bits per heavy atom. The van der Waals surface area contributed by atoms with Gasteiger partial charge in [0, 0.05) is 6.21 Å². The molecule has 2 aliphatic rings. The lowest BCUT2D eigenvalue weighted by Crippen LogP contribution is -2.04. The Bertz CT molecular complexity index is 167. The first-order valence-corrected chi connectivity index (χ1v) is 5.64. The zero-order valence-electron chi connectivity index (χ0n) is 8.24. The van der Waals surface area contributed by atoms with Crippen LogP contribution >= 0.6 is 0 Å². The van der Waals surface area contributed by atoms with Gasteiger partial charge in [0.2, 0.25) is 0 Å². The largest absolute Gasteiger partial charge is 0.393 e. The molecule has 0 bridgehead atoms. The van der Waals surface area contributed by atoms with Crippen molar-refractivity contribution in [1.29, 1.82) is 0 Å². The van der Waals surface area contributed by atoms with Crippen molar-refractivity contribution in [2.75, 3.05) is 0 Å². The van der Waals surface area contributed by atoms with Gasteiger partial charge in [-0.05, 0) is 44.4 Å². The molecule has 0 amide bonds. The molecule has 2 fully saturated rings. The fraction of sp³-hybridized carbons (Fsp3) is 0.909. The van der Waals surface area contributed by atoms with E-state index in [1.807, 2.05) is 6.21 Å². The molecular weight excluding hydrogens is 162 g/mol. The minimum absolute atomic E-state index is 0.428. The van der Waals surface area contributed by atoms with Crippen LogP contribution in [0.15, 0.2) is 5.16 Å². The van der Waals surface area contributed by atoms with Gasteiger partial charge in [-0.2, -0.15) is 0 Å². The van der Waals surface area contributed by atoms with Crippen molar-refractivity contribution < 1.29 is 4.84 Å². The molecule has 0 spiro atoms. The maximum Gasteiger partial charge on any atom is 0.127 e. The van der Waals surface area contributed by atoms with Gasteiger partial charge >= 0.3 is 0 Å². The molecule has 0 atom stereocenters. The third-order valence-corrected chi connectivity index (χ3v) is 3.18. The summed E-state index contributed by atoms with van der Waals surface area (Å²) in [7, 11) is 0. The van der Waals surface area contributed by atoms with E-state index in [0.29, 0.717) is 12.0 Å². The highest BCUT2D eigenvalue weighted by molar-refractivity contribution is 5.60. The summed E-state index contributed by atoms with van der Waals surface area (Å²) >= 11 is 0. The van der Waals surface area contributed by atoms with E-state index in [9.17, 15) is 0 Å². The molecule has 0 heterocycles. The third-order valence-electron chi connectivity index (χ3n) is 3.18. The highest BCUT2D eigenvalue weighted by Crippen LogP contribution is 2.24. The molecule has 0 aromatic heterocycles. The molecule has 0 aliphatic heterocycles. The molecular formula is C11H19NO. The standard InChI is InChI=1S/C11H19NO/c1-2-6-10(5-1)9-12-13-11-7-3-4-8-11/h9-11H,1-8H2. The predicted octanol–water partition coefficient (Wildman–Crippen LogP) is 3.12. The number of nitrogens with zero attached hydrogens (tertiary/aromatic N) is 1. The van der Waals surface area contributed by atoms with Gasteiger partial charge in [-0.15, -0.1) is 0 Å². The predicted molar refractivity (Wildman–Crippen MR) is 53.8 cm³/mol. The average Bonchev–Trinajstić information content (AvgIpc) is 2.75. The van der Waals surface area contributed by atoms with E-state index in [1.165, 1.54) is 51.4 Å². The van der Waals surface area contributed by atoms with Gasteiger partial charge in [0.1, 0.15) is 6.10 Å². The van der Waals surface area contributed by atoms with Crippen molar-refractivity contribution in [3.63, 3.8) is 0 Å². The number of hydrogen-bond acceptors (Lipinski definition) is 2.